The highest BCUT2D eigenvalue weighted by molar-refractivity contribution is 5.86. The fourth-order valence-electron chi connectivity index (χ4n) is 3.66. The highest BCUT2D eigenvalue weighted by Gasteiger charge is 2.18. The molecule has 1 saturated heterocycles. The summed E-state index contributed by atoms with van der Waals surface area (Å²) in [6.45, 7) is 9.08. The quantitative estimate of drug-likeness (QED) is 0.521. The monoisotopic (exact) mass is 408 g/mol. The van der Waals surface area contributed by atoms with Crippen LogP contribution in [0.25, 0.3) is 0 Å². The first-order valence-corrected chi connectivity index (χ1v) is 10.7. The molecule has 1 amide bonds. The Morgan fingerprint density at radius 3 is 2.50 bits per heavy atom. The summed E-state index contributed by atoms with van der Waals surface area (Å²) in [6.07, 6.45) is 3.28. The maximum absolute atomic E-state index is 12.2. The van der Waals surface area contributed by atoms with Crippen molar-refractivity contribution < 1.29 is 9.90 Å². The maximum atomic E-state index is 12.2. The molecule has 1 fully saturated rings. The summed E-state index contributed by atoms with van der Waals surface area (Å²) in [7, 11) is 0. The predicted octanol–water partition coefficient (Wildman–Crippen LogP) is 2.92. The van der Waals surface area contributed by atoms with E-state index in [1.54, 1.807) is 6.07 Å². The van der Waals surface area contributed by atoms with E-state index in [4.69, 9.17) is 0 Å². The number of amides is 1. The number of aryl methyl sites for hydroxylation is 2. The molecule has 0 unspecified atom stereocenters. The van der Waals surface area contributed by atoms with E-state index in [-0.39, 0.29) is 11.7 Å². The second kappa shape index (κ2) is 10.9. The second-order valence-corrected chi connectivity index (χ2v) is 7.94. The van der Waals surface area contributed by atoms with Crippen LogP contribution in [0.15, 0.2) is 47.6 Å². The van der Waals surface area contributed by atoms with E-state index >= 15 is 0 Å². The van der Waals surface area contributed by atoms with Crippen molar-refractivity contribution in [2.24, 2.45) is 5.10 Å². The van der Waals surface area contributed by atoms with Crippen LogP contribution in [0, 0.1) is 6.92 Å². The third kappa shape index (κ3) is 6.40. The van der Waals surface area contributed by atoms with Crippen LogP contribution in [-0.2, 0) is 17.8 Å². The van der Waals surface area contributed by atoms with Crippen molar-refractivity contribution in [1.82, 2.24) is 15.2 Å². The van der Waals surface area contributed by atoms with Crippen molar-refractivity contribution in [2.75, 3.05) is 32.7 Å². The van der Waals surface area contributed by atoms with Gasteiger partial charge >= 0.3 is 0 Å². The molecule has 2 N–H and O–H groups in total. The summed E-state index contributed by atoms with van der Waals surface area (Å²) >= 11 is 0. The molecule has 2 aromatic carbocycles. The number of aromatic hydroxyl groups is 1. The van der Waals surface area contributed by atoms with Gasteiger partial charge in [-0.3, -0.25) is 14.6 Å². The number of carbonyl (C=O) groups is 1. The summed E-state index contributed by atoms with van der Waals surface area (Å²) in [5.74, 6) is 0.101. The Bertz CT molecular complexity index is 856. The first kappa shape index (κ1) is 22.0. The molecule has 1 aliphatic rings. The van der Waals surface area contributed by atoms with Crippen LogP contribution in [0.1, 0.15) is 35.6 Å². The third-order valence-corrected chi connectivity index (χ3v) is 5.42. The molecule has 0 spiro atoms. The number of rotatable bonds is 8. The molecule has 160 valence electrons. The standard InChI is InChI=1S/C24H32N4O2/c1-3-5-21-6-4-7-22(24(21)30)16-25-26-23(29)18-28-14-12-27(13-15-28)17-20-10-8-19(2)9-11-20/h4,6-11,16,30H,3,5,12-15,17-18H2,1-2H3,(H,26,29)/b25-16+. The van der Waals surface area contributed by atoms with Gasteiger partial charge in [-0.1, -0.05) is 55.3 Å². The van der Waals surface area contributed by atoms with Crippen molar-refractivity contribution in [2.45, 2.75) is 33.2 Å². The van der Waals surface area contributed by atoms with Crippen molar-refractivity contribution in [3.05, 3.63) is 64.7 Å². The Balaban J connectivity index is 1.41. The Morgan fingerprint density at radius 1 is 1.10 bits per heavy atom. The molecule has 30 heavy (non-hydrogen) atoms. The average Bonchev–Trinajstić information content (AvgIpc) is 2.74. The van der Waals surface area contributed by atoms with Gasteiger partial charge in [-0.25, -0.2) is 5.43 Å². The number of benzene rings is 2. The van der Waals surface area contributed by atoms with E-state index in [0.717, 1.165) is 51.1 Å². The lowest BCUT2D eigenvalue weighted by Crippen LogP contribution is -2.48. The van der Waals surface area contributed by atoms with Crippen LogP contribution in [0.3, 0.4) is 0 Å². The zero-order valence-corrected chi connectivity index (χ0v) is 18.0. The highest BCUT2D eigenvalue weighted by Crippen LogP contribution is 2.22. The molecular weight excluding hydrogens is 376 g/mol. The Hall–Kier alpha value is -2.70. The number of nitrogens with zero attached hydrogens (tertiary/aromatic N) is 3. The summed E-state index contributed by atoms with van der Waals surface area (Å²) in [5.41, 5.74) is 6.70. The number of phenols is 1. The Kier molecular flexibility index (Phi) is 7.99. The van der Waals surface area contributed by atoms with Gasteiger partial charge in [-0.2, -0.15) is 5.10 Å². The normalized spacial score (nSPS) is 15.5. The molecule has 0 aromatic heterocycles. The molecule has 0 aliphatic carbocycles. The Labute approximate surface area is 179 Å². The number of nitrogens with one attached hydrogen (secondary N) is 1. The van der Waals surface area contributed by atoms with Crippen molar-refractivity contribution in [3.63, 3.8) is 0 Å². The number of hydrogen-bond acceptors (Lipinski definition) is 5. The molecule has 2 aromatic rings. The predicted molar refractivity (Wildman–Crippen MR) is 121 cm³/mol. The molecule has 3 rings (SSSR count). The maximum Gasteiger partial charge on any atom is 0.254 e. The van der Waals surface area contributed by atoms with E-state index in [1.165, 1.54) is 17.3 Å². The summed E-state index contributed by atoms with van der Waals surface area (Å²) in [4.78, 5) is 16.8. The second-order valence-electron chi connectivity index (χ2n) is 7.94. The minimum Gasteiger partial charge on any atom is -0.507 e. The summed E-state index contributed by atoms with van der Waals surface area (Å²) < 4.78 is 0. The van der Waals surface area contributed by atoms with E-state index in [2.05, 4.69) is 58.4 Å². The molecule has 1 heterocycles. The zero-order valence-electron chi connectivity index (χ0n) is 18.0. The summed E-state index contributed by atoms with van der Waals surface area (Å²) in [5, 5.41) is 14.3. The van der Waals surface area contributed by atoms with E-state index in [0.29, 0.717) is 12.1 Å². The minimum absolute atomic E-state index is 0.137. The number of carbonyl (C=O) groups excluding carboxylic acids is 1. The number of piperazine rings is 1. The molecule has 0 bridgehead atoms. The fraction of sp³-hybridized carbons (Fsp3) is 0.417. The van der Waals surface area contributed by atoms with E-state index < -0.39 is 0 Å². The van der Waals surface area contributed by atoms with Gasteiger partial charge in [0.15, 0.2) is 0 Å². The number of hydrogen-bond donors (Lipinski definition) is 2. The van der Waals surface area contributed by atoms with E-state index in [1.807, 2.05) is 12.1 Å². The minimum atomic E-state index is -0.137. The first-order chi connectivity index (χ1) is 14.5. The van der Waals surface area contributed by atoms with Crippen molar-refractivity contribution in [1.29, 1.82) is 0 Å². The number of hydrazone groups is 1. The van der Waals surface area contributed by atoms with Gasteiger partial charge in [-0.05, 0) is 30.5 Å². The van der Waals surface area contributed by atoms with Crippen LogP contribution in [0.5, 0.6) is 5.75 Å². The lowest BCUT2D eigenvalue weighted by atomic mass is 10.1. The van der Waals surface area contributed by atoms with Crippen LogP contribution in [0.4, 0.5) is 0 Å². The number of phenolic OH excluding ortho intramolecular Hbond substituents is 1. The molecule has 6 nitrogen and oxygen atoms in total. The Morgan fingerprint density at radius 2 is 1.80 bits per heavy atom. The van der Waals surface area contributed by atoms with Crippen molar-refractivity contribution in [3.8, 4) is 5.75 Å². The molecule has 0 atom stereocenters. The van der Waals surface area contributed by atoms with Gasteiger partial charge in [0.05, 0.1) is 12.8 Å². The van der Waals surface area contributed by atoms with E-state index in [9.17, 15) is 9.90 Å². The van der Waals surface area contributed by atoms with Gasteiger partial charge in [0.2, 0.25) is 0 Å². The van der Waals surface area contributed by atoms with Gasteiger partial charge < -0.3 is 5.11 Å². The lowest BCUT2D eigenvalue weighted by molar-refractivity contribution is -0.122. The SMILES string of the molecule is CCCc1cccc(/C=N/NC(=O)CN2CCN(Cc3ccc(C)cc3)CC2)c1O. The van der Waals surface area contributed by atoms with Crippen LogP contribution in [0.2, 0.25) is 0 Å². The molecule has 6 heteroatoms. The van der Waals surface area contributed by atoms with Crippen LogP contribution >= 0.6 is 0 Å². The first-order valence-electron chi connectivity index (χ1n) is 10.7. The lowest BCUT2D eigenvalue weighted by Gasteiger charge is -2.34. The largest absolute Gasteiger partial charge is 0.507 e. The zero-order chi connectivity index (χ0) is 21.3. The van der Waals surface area contributed by atoms with Gasteiger partial charge in [0, 0.05) is 38.3 Å². The molecule has 0 saturated carbocycles. The highest BCUT2D eigenvalue weighted by atomic mass is 16.3. The number of para-hydroxylation sites is 1. The average molecular weight is 409 g/mol. The topological polar surface area (TPSA) is 68.2 Å². The van der Waals surface area contributed by atoms with Crippen molar-refractivity contribution >= 4 is 12.1 Å². The fourth-order valence-corrected chi connectivity index (χ4v) is 3.66. The molecule has 0 radical (unpaired) electrons. The smallest absolute Gasteiger partial charge is 0.254 e. The van der Waals surface area contributed by atoms with Gasteiger partial charge in [0.25, 0.3) is 5.91 Å². The van der Waals surface area contributed by atoms with Crippen LogP contribution < -0.4 is 5.43 Å². The van der Waals surface area contributed by atoms with Crippen LogP contribution in [-0.4, -0.2) is 59.8 Å². The molecule has 1 aliphatic heterocycles. The third-order valence-electron chi connectivity index (χ3n) is 5.42. The van der Waals surface area contributed by atoms with Gasteiger partial charge in [-0.15, -0.1) is 0 Å². The molecular formula is C24H32N4O2. The van der Waals surface area contributed by atoms with Gasteiger partial charge in [0.1, 0.15) is 5.75 Å². The summed E-state index contributed by atoms with van der Waals surface area (Å²) in [6, 6.07) is 14.3.